The normalized spacial score (nSPS) is 33.0. The minimum Gasteiger partial charge on any atom is -0.295 e. The minimum atomic E-state index is 0.346. The summed E-state index contributed by atoms with van der Waals surface area (Å²) in [4.78, 5) is 11.1. The van der Waals surface area contributed by atoms with Gasteiger partial charge in [-0.2, -0.15) is 0 Å². The van der Waals surface area contributed by atoms with Gasteiger partial charge >= 0.3 is 0 Å². The van der Waals surface area contributed by atoms with Crippen LogP contribution in [-0.4, -0.2) is 5.78 Å². The molecule has 1 atom stereocenters. The van der Waals surface area contributed by atoms with Crippen LogP contribution in [-0.2, 0) is 4.79 Å². The number of allylic oxidation sites excluding steroid dienone is 2. The second-order valence-corrected chi connectivity index (χ2v) is 4.77. The van der Waals surface area contributed by atoms with Crippen LogP contribution in [0.5, 0.6) is 0 Å². The molecule has 0 amide bonds. The van der Waals surface area contributed by atoms with Gasteiger partial charge in [0, 0.05) is 6.42 Å². The van der Waals surface area contributed by atoms with E-state index in [0.717, 1.165) is 19.3 Å². The Hall–Kier alpha value is -0.590. The van der Waals surface area contributed by atoms with Gasteiger partial charge in [-0.05, 0) is 36.7 Å². The summed E-state index contributed by atoms with van der Waals surface area (Å²) >= 11 is 0. The molecule has 0 radical (unpaired) electrons. The topological polar surface area (TPSA) is 17.1 Å². The first-order valence-corrected chi connectivity index (χ1v) is 4.83. The SMILES string of the molecule is CC1(C)CCC2=CC(=O)CCC21. The molecule has 0 aliphatic heterocycles. The molecule has 0 aromatic rings. The lowest BCUT2D eigenvalue weighted by atomic mass is 9.75. The van der Waals surface area contributed by atoms with E-state index in [1.165, 1.54) is 12.0 Å². The molecule has 2 rings (SSSR count). The van der Waals surface area contributed by atoms with Crippen molar-refractivity contribution in [2.24, 2.45) is 11.3 Å². The fourth-order valence-corrected chi connectivity index (χ4v) is 2.63. The highest BCUT2D eigenvalue weighted by molar-refractivity contribution is 5.91. The van der Waals surface area contributed by atoms with E-state index in [9.17, 15) is 4.79 Å². The van der Waals surface area contributed by atoms with E-state index < -0.39 is 0 Å². The number of hydrogen-bond acceptors (Lipinski definition) is 1. The number of ketones is 1. The Labute approximate surface area is 73.8 Å². The lowest BCUT2D eigenvalue weighted by molar-refractivity contribution is -0.115. The number of carbonyl (C=O) groups excluding carboxylic acids is 1. The second kappa shape index (κ2) is 2.45. The number of rotatable bonds is 0. The summed E-state index contributed by atoms with van der Waals surface area (Å²) in [6, 6.07) is 0. The lowest BCUT2D eigenvalue weighted by Crippen LogP contribution is -2.22. The zero-order valence-corrected chi connectivity index (χ0v) is 7.89. The van der Waals surface area contributed by atoms with E-state index in [0.29, 0.717) is 17.1 Å². The Kier molecular flexibility index (Phi) is 1.64. The maximum Gasteiger partial charge on any atom is 0.155 e. The molecule has 2 aliphatic carbocycles. The first kappa shape index (κ1) is 8.03. The molecule has 0 bridgehead atoms. The van der Waals surface area contributed by atoms with Crippen molar-refractivity contribution in [3.63, 3.8) is 0 Å². The zero-order chi connectivity index (χ0) is 8.77. The Bertz CT molecular complexity index is 248. The van der Waals surface area contributed by atoms with E-state index in [2.05, 4.69) is 13.8 Å². The molecule has 66 valence electrons. The molecule has 0 N–H and O–H groups in total. The highest BCUT2D eigenvalue weighted by Crippen LogP contribution is 2.49. The van der Waals surface area contributed by atoms with E-state index >= 15 is 0 Å². The van der Waals surface area contributed by atoms with E-state index in [4.69, 9.17) is 0 Å². The molecule has 0 spiro atoms. The smallest absolute Gasteiger partial charge is 0.155 e. The molecule has 0 saturated heterocycles. The average Bonchev–Trinajstić information content (AvgIpc) is 2.27. The van der Waals surface area contributed by atoms with Gasteiger partial charge in [0.1, 0.15) is 0 Å². The Morgan fingerprint density at radius 3 is 2.92 bits per heavy atom. The van der Waals surface area contributed by atoms with Gasteiger partial charge in [-0.25, -0.2) is 0 Å². The maximum atomic E-state index is 11.1. The predicted molar refractivity (Wildman–Crippen MR) is 48.8 cm³/mol. The molecule has 1 heteroatoms. The molecule has 12 heavy (non-hydrogen) atoms. The molecule has 1 unspecified atom stereocenters. The Balaban J connectivity index is 2.30. The minimum absolute atomic E-state index is 0.346. The van der Waals surface area contributed by atoms with Crippen molar-refractivity contribution < 1.29 is 4.79 Å². The van der Waals surface area contributed by atoms with Gasteiger partial charge in [0.15, 0.2) is 5.78 Å². The summed E-state index contributed by atoms with van der Waals surface area (Å²) in [5, 5.41) is 0. The van der Waals surface area contributed by atoms with E-state index in [1.807, 2.05) is 6.08 Å². The van der Waals surface area contributed by atoms with Crippen LogP contribution in [0.1, 0.15) is 39.5 Å². The largest absolute Gasteiger partial charge is 0.295 e. The van der Waals surface area contributed by atoms with Crippen LogP contribution in [0, 0.1) is 11.3 Å². The molecule has 1 nitrogen and oxygen atoms in total. The summed E-state index contributed by atoms with van der Waals surface area (Å²) in [6.45, 7) is 4.66. The summed E-state index contributed by atoms with van der Waals surface area (Å²) in [7, 11) is 0. The van der Waals surface area contributed by atoms with E-state index in [1.54, 1.807) is 0 Å². The second-order valence-electron chi connectivity index (χ2n) is 4.77. The van der Waals surface area contributed by atoms with Crippen molar-refractivity contribution in [2.75, 3.05) is 0 Å². The van der Waals surface area contributed by atoms with Gasteiger partial charge in [-0.1, -0.05) is 19.4 Å². The third kappa shape index (κ3) is 1.12. The van der Waals surface area contributed by atoms with E-state index in [-0.39, 0.29) is 0 Å². The van der Waals surface area contributed by atoms with Crippen molar-refractivity contribution >= 4 is 5.78 Å². The van der Waals surface area contributed by atoms with Gasteiger partial charge in [0.2, 0.25) is 0 Å². The zero-order valence-electron chi connectivity index (χ0n) is 7.89. The van der Waals surface area contributed by atoms with Crippen molar-refractivity contribution in [2.45, 2.75) is 39.5 Å². The molecule has 1 saturated carbocycles. The summed E-state index contributed by atoms with van der Waals surface area (Å²) in [6.07, 6.45) is 6.19. The summed E-state index contributed by atoms with van der Waals surface area (Å²) in [5.74, 6) is 1.05. The van der Waals surface area contributed by atoms with Gasteiger partial charge in [-0.15, -0.1) is 0 Å². The van der Waals surface area contributed by atoms with Crippen LogP contribution in [0.4, 0.5) is 0 Å². The molecule has 0 heterocycles. The molecule has 0 aromatic carbocycles. The third-order valence-electron chi connectivity index (χ3n) is 3.47. The van der Waals surface area contributed by atoms with Crippen LogP contribution in [0.15, 0.2) is 11.6 Å². The highest BCUT2D eigenvalue weighted by Gasteiger charge is 2.39. The van der Waals surface area contributed by atoms with Gasteiger partial charge < -0.3 is 0 Å². The van der Waals surface area contributed by atoms with Gasteiger partial charge in [-0.3, -0.25) is 4.79 Å². The van der Waals surface area contributed by atoms with Crippen molar-refractivity contribution in [1.82, 2.24) is 0 Å². The first-order valence-electron chi connectivity index (χ1n) is 4.83. The first-order chi connectivity index (χ1) is 5.59. The van der Waals surface area contributed by atoms with Crippen LogP contribution in [0.3, 0.4) is 0 Å². The summed E-state index contributed by atoms with van der Waals surface area (Å²) in [5.41, 5.74) is 1.88. The molecule has 1 fully saturated rings. The molecule has 0 aromatic heterocycles. The number of hydrogen-bond donors (Lipinski definition) is 0. The van der Waals surface area contributed by atoms with Gasteiger partial charge in [0.25, 0.3) is 0 Å². The Morgan fingerprint density at radius 1 is 1.42 bits per heavy atom. The van der Waals surface area contributed by atoms with Crippen LogP contribution in [0.25, 0.3) is 0 Å². The third-order valence-corrected chi connectivity index (χ3v) is 3.47. The summed E-state index contributed by atoms with van der Waals surface area (Å²) < 4.78 is 0. The fraction of sp³-hybridized carbons (Fsp3) is 0.727. The van der Waals surface area contributed by atoms with Crippen molar-refractivity contribution in [1.29, 1.82) is 0 Å². The van der Waals surface area contributed by atoms with Crippen LogP contribution >= 0.6 is 0 Å². The number of carbonyl (C=O) groups is 1. The van der Waals surface area contributed by atoms with Crippen LogP contribution in [0.2, 0.25) is 0 Å². The monoisotopic (exact) mass is 164 g/mol. The molecular formula is C11H16O. The van der Waals surface area contributed by atoms with Crippen molar-refractivity contribution in [3.8, 4) is 0 Å². The molecule has 2 aliphatic rings. The number of fused-ring (bicyclic) bond motifs is 1. The molecular weight excluding hydrogens is 148 g/mol. The lowest BCUT2D eigenvalue weighted by Gasteiger charge is -2.29. The Morgan fingerprint density at radius 2 is 2.17 bits per heavy atom. The van der Waals surface area contributed by atoms with Crippen molar-refractivity contribution in [3.05, 3.63) is 11.6 Å². The maximum absolute atomic E-state index is 11.1. The quantitative estimate of drug-likeness (QED) is 0.538. The highest BCUT2D eigenvalue weighted by atomic mass is 16.1. The standard InChI is InChI=1S/C11H16O/c1-11(2)6-5-8-7-9(12)3-4-10(8)11/h7,10H,3-6H2,1-2H3. The predicted octanol–water partition coefficient (Wildman–Crippen LogP) is 2.71. The average molecular weight is 164 g/mol. The fourth-order valence-electron chi connectivity index (χ4n) is 2.63. The van der Waals surface area contributed by atoms with Crippen LogP contribution < -0.4 is 0 Å². The van der Waals surface area contributed by atoms with Gasteiger partial charge in [0.05, 0.1) is 0 Å².